The molecule has 0 radical (unpaired) electrons. The minimum Gasteiger partial charge on any atom is -0.385 e. The molecule has 9 aromatic heterocycles. The summed E-state index contributed by atoms with van der Waals surface area (Å²) in [6.07, 6.45) is 23.9. The van der Waals surface area contributed by atoms with Crippen molar-refractivity contribution in [3.63, 3.8) is 0 Å². The van der Waals surface area contributed by atoms with E-state index in [2.05, 4.69) is 109 Å². The van der Waals surface area contributed by atoms with E-state index in [4.69, 9.17) is 26.7 Å². The zero-order valence-corrected chi connectivity index (χ0v) is 56.1. The molecule has 12 heterocycles. The maximum Gasteiger partial charge on any atom is 0.220 e. The van der Waals surface area contributed by atoms with E-state index in [9.17, 15) is 28.5 Å². The first-order valence-electron chi connectivity index (χ1n) is 33.9. The largest absolute Gasteiger partial charge is 0.385 e. The van der Waals surface area contributed by atoms with Gasteiger partial charge >= 0.3 is 0 Å². The van der Waals surface area contributed by atoms with Gasteiger partial charge in [-0.1, -0.05) is 17.8 Å². The number of fused-ring (bicyclic) bond motifs is 3. The number of nitrogens with zero attached hydrogens (tertiary/aromatic N) is 15. The highest BCUT2D eigenvalue weighted by Gasteiger charge is 2.42. The van der Waals surface area contributed by atoms with Crippen LogP contribution in [-0.4, -0.2) is 191 Å². The average molecular weight is 1350 g/mol. The van der Waals surface area contributed by atoms with Crippen molar-refractivity contribution in [2.24, 2.45) is 17.8 Å². The zero-order valence-electron chi connectivity index (χ0n) is 56.1. The third-order valence-corrected chi connectivity index (χ3v) is 20.1. The molecule has 3 aliphatic heterocycles. The summed E-state index contributed by atoms with van der Waals surface area (Å²) in [7, 11) is 3.41. The molecular formula is C73H81F3N18O5. The van der Waals surface area contributed by atoms with Crippen molar-refractivity contribution in [3.05, 3.63) is 109 Å². The summed E-state index contributed by atoms with van der Waals surface area (Å²) in [6.45, 7) is 14.0. The van der Waals surface area contributed by atoms with Gasteiger partial charge in [-0.2, -0.15) is 0 Å². The van der Waals surface area contributed by atoms with Gasteiger partial charge in [0.25, 0.3) is 0 Å². The number of hydrogen-bond donors (Lipinski definition) is 6. The topological polar surface area (TPSA) is 298 Å². The van der Waals surface area contributed by atoms with Crippen LogP contribution in [0.5, 0.6) is 0 Å². The molecule has 16 rings (SSSR count). The first kappa shape index (κ1) is 67.1. The molecule has 0 bridgehead atoms. The van der Waals surface area contributed by atoms with Gasteiger partial charge in [0.15, 0.2) is 17.5 Å². The molecular weight excluding hydrogens is 1270 g/mol. The molecule has 3 atom stereocenters. The number of halogens is 3. The van der Waals surface area contributed by atoms with E-state index in [0.29, 0.717) is 46.4 Å². The van der Waals surface area contributed by atoms with Gasteiger partial charge in [-0.3, -0.25) is 14.7 Å². The fourth-order valence-electron chi connectivity index (χ4n) is 13.5. The summed E-state index contributed by atoms with van der Waals surface area (Å²) in [4.78, 5) is 44.5. The Labute approximate surface area is 571 Å². The first-order valence-corrected chi connectivity index (χ1v) is 33.9. The van der Waals surface area contributed by atoms with Crippen LogP contribution >= 0.6 is 0 Å². The highest BCUT2D eigenvalue weighted by molar-refractivity contribution is 5.98. The van der Waals surface area contributed by atoms with Crippen molar-refractivity contribution >= 4 is 50.6 Å². The highest BCUT2D eigenvalue weighted by Crippen LogP contribution is 2.44. The molecule has 99 heavy (non-hydrogen) atoms. The summed E-state index contributed by atoms with van der Waals surface area (Å²) >= 11 is 0. The smallest absolute Gasteiger partial charge is 0.220 e. The summed E-state index contributed by atoms with van der Waals surface area (Å²) in [5.74, 6) is 17.0. The Morgan fingerprint density at radius 2 is 0.788 bits per heavy atom. The van der Waals surface area contributed by atoms with Crippen molar-refractivity contribution in [1.29, 1.82) is 0 Å². The number of pyridine rings is 3. The lowest BCUT2D eigenvalue weighted by Crippen LogP contribution is -2.48. The number of likely N-dealkylation sites (tertiary alicyclic amines) is 3. The lowest BCUT2D eigenvalue weighted by molar-refractivity contribution is 0.0715. The predicted octanol–water partition coefficient (Wildman–Crippen LogP) is 7.60. The van der Waals surface area contributed by atoms with E-state index >= 15 is 0 Å². The maximum absolute atomic E-state index is 14.7. The monoisotopic (exact) mass is 1350 g/mol. The standard InChI is InChI=1S/C25H29FN6O2.C24H27FN6O2.C24H25FN6O/c1-25(33,16-4-5-16)7-6-17-10-19-20(23-21(26)11-29-24(27)30-23)15-32(22(19)12-28-17)18-13-31(14-18)8-3-9-34-2;1-24(32,15-3-4-15)6-5-16-9-18-19(22-20(25)10-28-23(26)29-22)14-31(21(18)11-27-16)17-12-30(13-17)7-8-33-2;1-24(32,14-2-3-14)7-6-15-8-18-19(22-20(25)9-28-23(26)29-22)13-31(21(18)10-27-15)17-11-30(12-17)16-4-5-16/h10-12,15-16,18,33H,3-5,8-9,13-14H2,1-2H3,(H2,27,29,30);9-11,14-15,17,32H,3-4,7-8,12-13H2,1-2H3,(H2,26,28,29);8-10,13-14,16-17,32H,2-5,11-12H2,1H3,(H2,26,28,29). The van der Waals surface area contributed by atoms with Gasteiger partial charge in [-0.15, -0.1) is 0 Å². The number of ether oxygens (including phenoxy) is 2. The molecule has 0 amide bonds. The van der Waals surface area contributed by atoms with E-state index in [1.54, 1.807) is 53.6 Å². The third kappa shape index (κ3) is 14.7. The van der Waals surface area contributed by atoms with Gasteiger partial charge in [0.1, 0.15) is 51.0 Å². The quantitative estimate of drug-likeness (QED) is 0.0378. The molecule has 26 heteroatoms. The van der Waals surface area contributed by atoms with E-state index in [0.717, 1.165) is 161 Å². The van der Waals surface area contributed by atoms with Crippen LogP contribution in [0.25, 0.3) is 66.5 Å². The molecule has 23 nitrogen and oxygen atoms in total. The van der Waals surface area contributed by atoms with Crippen LogP contribution in [0.15, 0.2) is 74.0 Å². The van der Waals surface area contributed by atoms with E-state index in [1.165, 1.54) is 12.8 Å². The van der Waals surface area contributed by atoms with Crippen LogP contribution in [0.1, 0.15) is 114 Å². The molecule has 4 aliphatic carbocycles. The highest BCUT2D eigenvalue weighted by atomic mass is 19.1. The number of aromatic nitrogens is 12. The summed E-state index contributed by atoms with van der Waals surface area (Å²) in [5.41, 5.74) is 20.8. The maximum atomic E-state index is 14.7. The number of methoxy groups -OCH3 is 2. The third-order valence-electron chi connectivity index (χ3n) is 20.1. The fraction of sp³-hybridized carbons (Fsp3) is 0.466. The molecule has 9 N–H and O–H groups in total. The number of rotatable bonds is 17. The van der Waals surface area contributed by atoms with Gasteiger partial charge in [-0.25, -0.2) is 58.0 Å². The van der Waals surface area contributed by atoms with Crippen LogP contribution in [0.2, 0.25) is 0 Å². The Hall–Kier alpha value is -9.14. The second-order valence-electron chi connectivity index (χ2n) is 27.9. The second-order valence-corrected chi connectivity index (χ2v) is 27.9. The van der Waals surface area contributed by atoms with Gasteiger partial charge in [0.2, 0.25) is 17.8 Å². The number of anilines is 3. The lowest BCUT2D eigenvalue weighted by Gasteiger charge is -2.40. The summed E-state index contributed by atoms with van der Waals surface area (Å²) in [5, 5.41) is 34.0. The normalized spacial score (nSPS) is 19.3. The molecule has 7 aliphatic rings. The van der Waals surface area contributed by atoms with Crippen molar-refractivity contribution in [2.75, 3.05) is 97.0 Å². The van der Waals surface area contributed by atoms with Crippen LogP contribution in [0.4, 0.5) is 31.0 Å². The summed E-state index contributed by atoms with van der Waals surface area (Å²) in [6, 6.07) is 7.03. The van der Waals surface area contributed by atoms with Crippen molar-refractivity contribution < 1.29 is 38.0 Å². The Kier molecular flexibility index (Phi) is 18.4. The minimum atomic E-state index is -1.03. The van der Waals surface area contributed by atoms with Gasteiger partial charge in [0.05, 0.1) is 78.5 Å². The fourth-order valence-corrected chi connectivity index (χ4v) is 13.5. The molecule has 3 unspecified atom stereocenters. The first-order chi connectivity index (χ1) is 47.6. The number of nitrogen functional groups attached to an aromatic ring is 3. The van der Waals surface area contributed by atoms with Crippen molar-refractivity contribution in [2.45, 2.75) is 120 Å². The Morgan fingerprint density at radius 1 is 0.455 bits per heavy atom. The number of aliphatic hydroxyl groups is 3. The van der Waals surface area contributed by atoms with E-state index in [-0.39, 0.29) is 64.8 Å². The molecule has 7 fully saturated rings. The van der Waals surface area contributed by atoms with Crippen molar-refractivity contribution in [3.8, 4) is 69.3 Å². The lowest BCUT2D eigenvalue weighted by atomic mass is 10.0. The van der Waals surface area contributed by atoms with Crippen LogP contribution < -0.4 is 17.2 Å². The molecule has 3 saturated heterocycles. The van der Waals surface area contributed by atoms with Crippen LogP contribution in [-0.2, 0) is 9.47 Å². The Morgan fingerprint density at radius 3 is 1.11 bits per heavy atom. The molecule has 514 valence electrons. The van der Waals surface area contributed by atoms with Gasteiger partial charge in [0, 0.05) is 131 Å². The van der Waals surface area contributed by atoms with E-state index < -0.39 is 34.3 Å². The number of hydrogen-bond acceptors (Lipinski definition) is 20. The molecule has 9 aromatic rings. The summed E-state index contributed by atoms with van der Waals surface area (Å²) < 4.78 is 60.9. The minimum absolute atomic E-state index is 0.0104. The SMILES string of the molecule is CC(O)(C#Cc1cc2c(-c3nc(N)ncc3F)cn(C3CN(C4CC4)C3)c2cn1)C1CC1.COCCCN1CC(n2cc(-c3nc(N)ncc3F)c3cc(C#CC(C)(O)C4CC4)ncc32)C1.COCCN1CC(n2cc(-c3nc(N)ncc3F)c3cc(C#CC(C)(O)C4CC4)ncc32)C1. The predicted molar refractivity (Wildman–Crippen MR) is 369 cm³/mol. The van der Waals surface area contributed by atoms with E-state index in [1.807, 2.05) is 36.8 Å². The molecule has 0 spiro atoms. The Balaban J connectivity index is 0.000000127. The van der Waals surface area contributed by atoms with Crippen LogP contribution in [0, 0.1) is 70.7 Å². The zero-order chi connectivity index (χ0) is 69.1. The molecule has 4 saturated carbocycles. The number of nitrogens with two attached hydrogens (primary N) is 3. The van der Waals surface area contributed by atoms with Crippen molar-refractivity contribution in [1.82, 2.24) is 73.3 Å². The van der Waals surface area contributed by atoms with Gasteiger partial charge in [-0.05, 0) is 132 Å². The van der Waals surface area contributed by atoms with Crippen LogP contribution in [0.3, 0.4) is 0 Å². The second kappa shape index (κ2) is 27.2. The average Bonchev–Trinajstić information content (AvgIpc) is 1.61. The van der Waals surface area contributed by atoms with Gasteiger partial charge < -0.3 is 55.7 Å². The molecule has 0 aromatic carbocycles. The Bertz CT molecular complexity index is 4730.